The Kier molecular flexibility index (Phi) is 8.59. The molecule has 1 unspecified atom stereocenters. The molecule has 0 saturated carbocycles. The maximum absolute atomic E-state index is 10.9. The van der Waals surface area contributed by atoms with Crippen LogP contribution >= 0.6 is 0 Å². The molecule has 0 spiro atoms. The Balaban J connectivity index is 0.000000433. The maximum atomic E-state index is 10.9. The zero-order chi connectivity index (χ0) is 16.3. The number of carboxylic acids is 2. The van der Waals surface area contributed by atoms with E-state index in [1.165, 1.54) is 6.08 Å². The smallest absolute Gasteiger partial charge is 0.330 e. The van der Waals surface area contributed by atoms with Crippen molar-refractivity contribution in [2.45, 2.75) is 13.0 Å². The van der Waals surface area contributed by atoms with Crippen LogP contribution < -0.4 is 0 Å². The van der Waals surface area contributed by atoms with E-state index in [2.05, 4.69) is 6.58 Å². The van der Waals surface area contributed by atoms with Crippen LogP contribution in [0.15, 0.2) is 55.1 Å². The van der Waals surface area contributed by atoms with Gasteiger partial charge in [-0.15, -0.1) is 0 Å². The molecule has 0 amide bonds. The monoisotopic (exact) mass is 292 g/mol. The van der Waals surface area contributed by atoms with Gasteiger partial charge in [-0.1, -0.05) is 36.9 Å². The van der Waals surface area contributed by atoms with Gasteiger partial charge in [-0.3, -0.25) is 0 Å². The van der Waals surface area contributed by atoms with Crippen LogP contribution in [0.3, 0.4) is 0 Å². The van der Waals surface area contributed by atoms with Gasteiger partial charge in [0.25, 0.3) is 0 Å². The fraction of sp³-hybridized carbons (Fsp3) is 0.133. The maximum Gasteiger partial charge on any atom is 0.330 e. The molecule has 1 aromatic carbocycles. The number of carboxylic acid groups (broad SMARTS) is 2. The Morgan fingerprint density at radius 1 is 1.10 bits per heavy atom. The van der Waals surface area contributed by atoms with E-state index < -0.39 is 17.9 Å². The molecule has 0 aromatic heterocycles. The number of hydrogen-bond acceptors (Lipinski definition) is 4. The van der Waals surface area contributed by atoms with E-state index in [9.17, 15) is 14.4 Å². The molecule has 6 nitrogen and oxygen atoms in total. The summed E-state index contributed by atoms with van der Waals surface area (Å²) < 4.78 is 5.03. The minimum atomic E-state index is -1.26. The Morgan fingerprint density at radius 2 is 1.57 bits per heavy atom. The number of ether oxygens (including phenoxy) is 1. The van der Waals surface area contributed by atoms with Gasteiger partial charge in [-0.25, -0.2) is 14.4 Å². The normalized spacial score (nSPS) is 10.9. The lowest BCUT2D eigenvalue weighted by Gasteiger charge is -2.11. The molecular weight excluding hydrogens is 276 g/mol. The summed E-state index contributed by atoms with van der Waals surface area (Å²) in [6.07, 6.45) is 2.07. The highest BCUT2D eigenvalue weighted by atomic mass is 16.5. The van der Waals surface area contributed by atoms with Crippen molar-refractivity contribution in [2.24, 2.45) is 0 Å². The Morgan fingerprint density at radius 3 is 1.95 bits per heavy atom. The van der Waals surface area contributed by atoms with Gasteiger partial charge in [-0.2, -0.15) is 0 Å². The molecule has 2 N–H and O–H groups in total. The summed E-state index contributed by atoms with van der Waals surface area (Å²) in [5, 5.41) is 15.6. The Labute approximate surface area is 122 Å². The summed E-state index contributed by atoms with van der Waals surface area (Å²) in [5.41, 5.74) is 0.984. The van der Waals surface area contributed by atoms with E-state index in [1.807, 2.05) is 37.3 Å². The van der Waals surface area contributed by atoms with Crippen molar-refractivity contribution >= 4 is 17.9 Å². The van der Waals surface area contributed by atoms with Crippen LogP contribution in [0, 0.1) is 0 Å². The first-order chi connectivity index (χ1) is 9.86. The molecule has 0 saturated heterocycles. The van der Waals surface area contributed by atoms with E-state index in [1.54, 1.807) is 0 Å². The fourth-order valence-electron chi connectivity index (χ4n) is 1.16. The Bertz CT molecular complexity index is 502. The number of benzene rings is 1. The van der Waals surface area contributed by atoms with Gasteiger partial charge in [0, 0.05) is 18.2 Å². The van der Waals surface area contributed by atoms with Crippen molar-refractivity contribution in [2.75, 3.05) is 0 Å². The van der Waals surface area contributed by atoms with Gasteiger partial charge in [0.05, 0.1) is 0 Å². The van der Waals surface area contributed by atoms with E-state index in [-0.39, 0.29) is 6.10 Å². The zero-order valence-corrected chi connectivity index (χ0v) is 11.4. The van der Waals surface area contributed by atoms with Crippen molar-refractivity contribution in [3.05, 3.63) is 60.7 Å². The van der Waals surface area contributed by atoms with Gasteiger partial charge in [-0.05, 0) is 12.5 Å². The molecule has 0 bridgehead atoms. The predicted octanol–water partition coefficient (Wildman–Crippen LogP) is 2.19. The highest BCUT2D eigenvalue weighted by Gasteiger charge is 2.07. The van der Waals surface area contributed by atoms with E-state index >= 15 is 0 Å². The number of esters is 1. The SMILES string of the molecule is C=CC(=O)OC(C)c1ccccc1.O=C(O)/C=C\C(=O)O. The first-order valence-corrected chi connectivity index (χ1v) is 5.88. The number of aliphatic carboxylic acids is 2. The number of rotatable bonds is 5. The number of hydrogen-bond donors (Lipinski definition) is 2. The van der Waals surface area contributed by atoms with Crippen LogP contribution in [0.5, 0.6) is 0 Å². The van der Waals surface area contributed by atoms with Crippen molar-refractivity contribution in [3.8, 4) is 0 Å². The third-order valence-corrected chi connectivity index (χ3v) is 2.10. The average molecular weight is 292 g/mol. The lowest BCUT2D eigenvalue weighted by molar-refractivity contribution is -0.142. The number of carbonyl (C=O) groups excluding carboxylic acids is 1. The molecule has 1 rings (SSSR count). The van der Waals surface area contributed by atoms with Crippen molar-refractivity contribution in [3.63, 3.8) is 0 Å². The van der Waals surface area contributed by atoms with Gasteiger partial charge < -0.3 is 14.9 Å². The lowest BCUT2D eigenvalue weighted by Crippen LogP contribution is -2.05. The zero-order valence-electron chi connectivity index (χ0n) is 11.4. The largest absolute Gasteiger partial charge is 0.478 e. The highest BCUT2D eigenvalue weighted by Crippen LogP contribution is 2.15. The predicted molar refractivity (Wildman–Crippen MR) is 75.6 cm³/mol. The van der Waals surface area contributed by atoms with Crippen molar-refractivity contribution in [1.82, 2.24) is 0 Å². The fourth-order valence-corrected chi connectivity index (χ4v) is 1.16. The third kappa shape index (κ3) is 9.66. The first-order valence-electron chi connectivity index (χ1n) is 5.88. The topological polar surface area (TPSA) is 101 Å². The molecule has 1 atom stereocenters. The van der Waals surface area contributed by atoms with E-state index in [0.717, 1.165) is 5.56 Å². The molecule has 0 aliphatic heterocycles. The summed E-state index contributed by atoms with van der Waals surface area (Å²) in [4.78, 5) is 30.0. The lowest BCUT2D eigenvalue weighted by atomic mass is 10.1. The van der Waals surface area contributed by atoms with Gasteiger partial charge in [0.1, 0.15) is 6.10 Å². The molecular formula is C15H16O6. The molecule has 0 aliphatic rings. The summed E-state index contributed by atoms with van der Waals surface area (Å²) in [7, 11) is 0. The molecule has 0 fully saturated rings. The Hall–Kier alpha value is -2.89. The minimum absolute atomic E-state index is 0.216. The summed E-state index contributed by atoms with van der Waals surface area (Å²) in [5.74, 6) is -2.91. The molecule has 0 heterocycles. The van der Waals surface area contributed by atoms with Gasteiger partial charge >= 0.3 is 17.9 Å². The molecule has 21 heavy (non-hydrogen) atoms. The van der Waals surface area contributed by atoms with Crippen LogP contribution in [-0.4, -0.2) is 28.1 Å². The second kappa shape index (κ2) is 9.96. The second-order valence-electron chi connectivity index (χ2n) is 3.70. The average Bonchev–Trinajstić information content (AvgIpc) is 2.46. The summed E-state index contributed by atoms with van der Waals surface area (Å²) in [6.45, 7) is 5.16. The first kappa shape index (κ1) is 18.1. The van der Waals surface area contributed by atoms with Crippen LogP contribution in [-0.2, 0) is 19.1 Å². The van der Waals surface area contributed by atoms with Crippen molar-refractivity contribution in [1.29, 1.82) is 0 Å². The van der Waals surface area contributed by atoms with Crippen LogP contribution in [0.2, 0.25) is 0 Å². The van der Waals surface area contributed by atoms with Crippen LogP contribution in [0.4, 0.5) is 0 Å². The number of carbonyl (C=O) groups is 3. The minimum Gasteiger partial charge on any atom is -0.478 e. The molecule has 0 radical (unpaired) electrons. The van der Waals surface area contributed by atoms with E-state index in [0.29, 0.717) is 12.2 Å². The second-order valence-corrected chi connectivity index (χ2v) is 3.70. The highest BCUT2D eigenvalue weighted by molar-refractivity contribution is 5.89. The third-order valence-electron chi connectivity index (χ3n) is 2.10. The van der Waals surface area contributed by atoms with Gasteiger partial charge in [0.2, 0.25) is 0 Å². The molecule has 1 aromatic rings. The van der Waals surface area contributed by atoms with Crippen LogP contribution in [0.1, 0.15) is 18.6 Å². The molecule has 0 aliphatic carbocycles. The molecule has 112 valence electrons. The van der Waals surface area contributed by atoms with E-state index in [4.69, 9.17) is 14.9 Å². The summed E-state index contributed by atoms with van der Waals surface area (Å²) in [6, 6.07) is 9.58. The van der Waals surface area contributed by atoms with Crippen molar-refractivity contribution < 1.29 is 29.3 Å². The summed E-state index contributed by atoms with van der Waals surface area (Å²) >= 11 is 0. The van der Waals surface area contributed by atoms with Crippen LogP contribution in [0.25, 0.3) is 0 Å². The molecule has 6 heteroatoms. The standard InChI is InChI=1S/C11H12O2.C4H4O4/c1-3-11(12)13-9(2)10-7-5-4-6-8-10;5-3(6)1-2-4(7)8/h3-9H,1H2,2H3;1-2H,(H,5,6)(H,7,8)/b;2-1-. The van der Waals surface area contributed by atoms with Gasteiger partial charge in [0.15, 0.2) is 0 Å². The quantitative estimate of drug-likeness (QED) is 0.637.